The van der Waals surface area contributed by atoms with Crippen molar-refractivity contribution in [3.8, 4) is 6.07 Å². The first kappa shape index (κ1) is 13.6. The van der Waals surface area contributed by atoms with E-state index in [4.69, 9.17) is 10.00 Å². The van der Waals surface area contributed by atoms with Crippen LogP contribution in [0.3, 0.4) is 0 Å². The van der Waals surface area contributed by atoms with Gasteiger partial charge >= 0.3 is 6.09 Å². The quantitative estimate of drug-likeness (QED) is 0.925. The molecule has 0 spiro atoms. The number of nitrogens with zero attached hydrogens (tertiary/aromatic N) is 3. The first-order chi connectivity index (χ1) is 9.69. The van der Waals surface area contributed by atoms with Crippen LogP contribution >= 0.6 is 0 Å². The van der Waals surface area contributed by atoms with Gasteiger partial charge in [0.15, 0.2) is 5.82 Å². The van der Waals surface area contributed by atoms with E-state index < -0.39 is 6.09 Å². The Bertz CT molecular complexity index is 628. The molecule has 0 saturated heterocycles. The number of aromatic nitrogens is 2. The fraction of sp³-hybridized carbons (Fsp3) is 0.214. The smallest absolute Gasteiger partial charge is 0.413 e. The Morgan fingerprint density at radius 2 is 2.20 bits per heavy atom. The fourth-order valence-electron chi connectivity index (χ4n) is 1.65. The van der Waals surface area contributed by atoms with E-state index in [-0.39, 0.29) is 13.2 Å². The Balaban J connectivity index is 1.90. The van der Waals surface area contributed by atoms with Crippen molar-refractivity contribution in [3.05, 3.63) is 47.7 Å². The van der Waals surface area contributed by atoms with Gasteiger partial charge in [-0.3, -0.25) is 10.00 Å². The van der Waals surface area contributed by atoms with Gasteiger partial charge in [0, 0.05) is 11.8 Å². The molecule has 2 aromatic rings. The Hall–Kier alpha value is -2.81. The van der Waals surface area contributed by atoms with Crippen molar-refractivity contribution in [1.82, 2.24) is 9.78 Å². The fourth-order valence-corrected chi connectivity index (χ4v) is 1.65. The topological polar surface area (TPSA) is 79.9 Å². The van der Waals surface area contributed by atoms with Crippen LogP contribution < -0.4 is 5.32 Å². The molecule has 0 aliphatic heterocycles. The molecule has 1 heterocycles. The van der Waals surface area contributed by atoms with Crippen molar-refractivity contribution in [2.24, 2.45) is 0 Å². The summed E-state index contributed by atoms with van der Waals surface area (Å²) in [4.78, 5) is 11.7. The molecule has 1 amide bonds. The average molecular weight is 270 g/mol. The second kappa shape index (κ2) is 6.38. The van der Waals surface area contributed by atoms with Crippen LogP contribution in [0.2, 0.25) is 0 Å². The van der Waals surface area contributed by atoms with Crippen LogP contribution in [-0.4, -0.2) is 15.9 Å². The summed E-state index contributed by atoms with van der Waals surface area (Å²) in [5, 5.41) is 15.2. The Morgan fingerprint density at radius 3 is 2.90 bits per heavy atom. The van der Waals surface area contributed by atoms with Gasteiger partial charge in [-0.1, -0.05) is 30.3 Å². The standard InChI is InChI=1S/C14H14N4O2/c1-11-9-18(8-7-15)17-13(11)16-14(19)20-10-12-5-3-2-4-6-12/h2-6,9H,8,10H2,1H3,(H,16,17,19). The van der Waals surface area contributed by atoms with E-state index in [1.165, 1.54) is 4.68 Å². The summed E-state index contributed by atoms with van der Waals surface area (Å²) in [6.45, 7) is 2.14. The Labute approximate surface area is 116 Å². The molecule has 0 bridgehead atoms. The molecule has 20 heavy (non-hydrogen) atoms. The normalized spacial score (nSPS) is 9.80. The third-order valence-corrected chi connectivity index (χ3v) is 2.61. The molecule has 0 radical (unpaired) electrons. The van der Waals surface area contributed by atoms with E-state index in [2.05, 4.69) is 10.4 Å². The molecule has 0 fully saturated rings. The SMILES string of the molecule is Cc1cn(CC#N)nc1NC(=O)OCc1ccccc1. The highest BCUT2D eigenvalue weighted by atomic mass is 16.5. The molecule has 1 N–H and O–H groups in total. The molecule has 6 nitrogen and oxygen atoms in total. The average Bonchev–Trinajstić information content (AvgIpc) is 2.78. The van der Waals surface area contributed by atoms with Crippen molar-refractivity contribution in [2.75, 3.05) is 5.32 Å². The van der Waals surface area contributed by atoms with E-state index >= 15 is 0 Å². The molecule has 1 aromatic heterocycles. The van der Waals surface area contributed by atoms with Gasteiger partial charge in [-0.05, 0) is 12.5 Å². The van der Waals surface area contributed by atoms with Crippen molar-refractivity contribution in [3.63, 3.8) is 0 Å². The van der Waals surface area contributed by atoms with E-state index in [1.807, 2.05) is 36.4 Å². The minimum absolute atomic E-state index is 0.140. The summed E-state index contributed by atoms with van der Waals surface area (Å²) in [6.07, 6.45) is 1.12. The molecule has 1 aromatic carbocycles. The predicted octanol–water partition coefficient (Wildman–Crippen LogP) is 2.46. The number of amides is 1. The summed E-state index contributed by atoms with van der Waals surface area (Å²) in [7, 11) is 0. The third kappa shape index (κ3) is 3.59. The number of aryl methyl sites for hydroxylation is 1. The van der Waals surface area contributed by atoms with Gasteiger partial charge in [-0.15, -0.1) is 0 Å². The molecular formula is C14H14N4O2. The van der Waals surface area contributed by atoms with Crippen molar-refractivity contribution >= 4 is 11.9 Å². The molecule has 0 saturated carbocycles. The lowest BCUT2D eigenvalue weighted by Crippen LogP contribution is -2.14. The second-order valence-electron chi connectivity index (χ2n) is 4.20. The van der Waals surface area contributed by atoms with Crippen LogP contribution in [0.4, 0.5) is 10.6 Å². The predicted molar refractivity (Wildman–Crippen MR) is 72.8 cm³/mol. The first-order valence-electron chi connectivity index (χ1n) is 6.08. The number of benzene rings is 1. The zero-order valence-electron chi connectivity index (χ0n) is 11.0. The van der Waals surface area contributed by atoms with Gasteiger partial charge in [-0.2, -0.15) is 10.4 Å². The summed E-state index contributed by atoms with van der Waals surface area (Å²) in [5.74, 6) is 0.401. The van der Waals surface area contributed by atoms with Crippen molar-refractivity contribution in [1.29, 1.82) is 5.26 Å². The molecule has 6 heteroatoms. The largest absolute Gasteiger partial charge is 0.444 e. The number of nitrogens with one attached hydrogen (secondary N) is 1. The molecule has 2 rings (SSSR count). The van der Waals surface area contributed by atoms with Gasteiger partial charge < -0.3 is 4.74 Å². The molecule has 0 unspecified atom stereocenters. The van der Waals surface area contributed by atoms with Crippen molar-refractivity contribution in [2.45, 2.75) is 20.1 Å². The van der Waals surface area contributed by atoms with E-state index in [0.717, 1.165) is 11.1 Å². The molecule has 0 aliphatic carbocycles. The number of rotatable bonds is 4. The van der Waals surface area contributed by atoms with Crippen LogP contribution in [0.25, 0.3) is 0 Å². The maximum absolute atomic E-state index is 11.7. The highest BCUT2D eigenvalue weighted by Gasteiger charge is 2.10. The van der Waals surface area contributed by atoms with E-state index in [9.17, 15) is 4.79 Å². The van der Waals surface area contributed by atoms with Crippen LogP contribution in [-0.2, 0) is 17.9 Å². The van der Waals surface area contributed by atoms with Gasteiger partial charge in [-0.25, -0.2) is 4.79 Å². The summed E-state index contributed by atoms with van der Waals surface area (Å²) in [6, 6.07) is 11.4. The number of carbonyl (C=O) groups is 1. The molecule has 0 aliphatic rings. The molecule has 102 valence electrons. The number of carbonyl (C=O) groups excluding carboxylic acids is 1. The highest BCUT2D eigenvalue weighted by Crippen LogP contribution is 2.12. The zero-order chi connectivity index (χ0) is 14.4. The molecular weight excluding hydrogens is 256 g/mol. The van der Waals surface area contributed by atoms with Crippen molar-refractivity contribution < 1.29 is 9.53 Å². The second-order valence-corrected chi connectivity index (χ2v) is 4.20. The first-order valence-corrected chi connectivity index (χ1v) is 6.08. The zero-order valence-corrected chi connectivity index (χ0v) is 11.0. The molecule has 0 atom stereocenters. The highest BCUT2D eigenvalue weighted by molar-refractivity contribution is 5.84. The Kier molecular flexibility index (Phi) is 4.35. The number of hydrogen-bond acceptors (Lipinski definition) is 4. The van der Waals surface area contributed by atoms with E-state index in [1.54, 1.807) is 13.1 Å². The van der Waals surface area contributed by atoms with Gasteiger partial charge in [0.2, 0.25) is 0 Å². The van der Waals surface area contributed by atoms with Gasteiger partial charge in [0.25, 0.3) is 0 Å². The lowest BCUT2D eigenvalue weighted by molar-refractivity contribution is 0.155. The number of hydrogen-bond donors (Lipinski definition) is 1. The summed E-state index contributed by atoms with van der Waals surface area (Å²) >= 11 is 0. The minimum atomic E-state index is -0.570. The summed E-state index contributed by atoms with van der Waals surface area (Å²) < 4.78 is 6.55. The van der Waals surface area contributed by atoms with Crippen LogP contribution in [0, 0.1) is 18.3 Å². The van der Waals surface area contributed by atoms with Crippen LogP contribution in [0.1, 0.15) is 11.1 Å². The minimum Gasteiger partial charge on any atom is -0.444 e. The van der Waals surface area contributed by atoms with E-state index in [0.29, 0.717) is 5.82 Å². The monoisotopic (exact) mass is 270 g/mol. The number of nitriles is 1. The lowest BCUT2D eigenvalue weighted by Gasteiger charge is -2.05. The number of ether oxygens (including phenoxy) is 1. The van der Waals surface area contributed by atoms with Crippen LogP contribution in [0.5, 0.6) is 0 Å². The maximum Gasteiger partial charge on any atom is 0.413 e. The van der Waals surface area contributed by atoms with Gasteiger partial charge in [0.05, 0.1) is 6.07 Å². The third-order valence-electron chi connectivity index (χ3n) is 2.61. The summed E-state index contributed by atoms with van der Waals surface area (Å²) in [5.41, 5.74) is 1.69. The number of anilines is 1. The maximum atomic E-state index is 11.7. The Morgan fingerprint density at radius 1 is 1.45 bits per heavy atom. The lowest BCUT2D eigenvalue weighted by atomic mass is 10.2. The van der Waals surface area contributed by atoms with Crippen LogP contribution in [0.15, 0.2) is 36.5 Å². The van der Waals surface area contributed by atoms with Gasteiger partial charge in [0.1, 0.15) is 13.2 Å².